The summed E-state index contributed by atoms with van der Waals surface area (Å²) in [6, 6.07) is 10.0. The van der Waals surface area contributed by atoms with Gasteiger partial charge in [0.05, 0.1) is 13.2 Å². The number of hydrogen-bond donors (Lipinski definition) is 2. The summed E-state index contributed by atoms with van der Waals surface area (Å²) < 4.78 is 19.1. The van der Waals surface area contributed by atoms with Crippen molar-refractivity contribution in [2.75, 3.05) is 13.2 Å². The number of unbranched alkanes of at least 4 members (excludes halogenated alkanes) is 1. The number of rotatable bonds is 7. The molecule has 0 saturated carbocycles. The summed E-state index contributed by atoms with van der Waals surface area (Å²) in [5, 5.41) is 4.86. The van der Waals surface area contributed by atoms with E-state index in [1.165, 1.54) is 29.2 Å². The molecule has 0 aromatic heterocycles. The van der Waals surface area contributed by atoms with Crippen molar-refractivity contribution in [3.8, 4) is 5.75 Å². The Labute approximate surface area is 173 Å². The van der Waals surface area contributed by atoms with Gasteiger partial charge in [-0.1, -0.05) is 31.5 Å². The SMILES string of the molecule is CCCCOc1ccc2c(c1)C(=O)N(C[C@@]1(c3ccc(F)cc3)NC(=O)NC1=O)C2. The van der Waals surface area contributed by atoms with Crippen molar-refractivity contribution in [1.82, 2.24) is 15.5 Å². The zero-order valence-corrected chi connectivity index (χ0v) is 16.5. The number of halogens is 1. The fourth-order valence-electron chi connectivity index (χ4n) is 3.81. The van der Waals surface area contributed by atoms with Crippen molar-refractivity contribution in [2.45, 2.75) is 31.8 Å². The first-order chi connectivity index (χ1) is 14.4. The lowest BCUT2D eigenvalue weighted by atomic mass is 9.89. The maximum Gasteiger partial charge on any atom is 0.322 e. The van der Waals surface area contributed by atoms with Crippen LogP contribution in [0.1, 0.15) is 41.3 Å². The number of amides is 4. The van der Waals surface area contributed by atoms with Gasteiger partial charge in [-0.05, 0) is 41.8 Å². The summed E-state index contributed by atoms with van der Waals surface area (Å²) >= 11 is 0. The number of ether oxygens (including phenoxy) is 1. The molecular weight excluding hydrogens is 389 g/mol. The first-order valence-electron chi connectivity index (χ1n) is 9.87. The second-order valence-corrected chi connectivity index (χ2v) is 7.50. The van der Waals surface area contributed by atoms with E-state index in [1.807, 2.05) is 12.1 Å². The molecule has 0 bridgehead atoms. The molecule has 4 rings (SSSR count). The summed E-state index contributed by atoms with van der Waals surface area (Å²) in [6.07, 6.45) is 1.93. The van der Waals surface area contributed by atoms with E-state index in [0.29, 0.717) is 30.0 Å². The van der Waals surface area contributed by atoms with Crippen LogP contribution in [0.3, 0.4) is 0 Å². The lowest BCUT2D eigenvalue weighted by molar-refractivity contribution is -0.124. The van der Waals surface area contributed by atoms with Crippen LogP contribution in [0.5, 0.6) is 5.75 Å². The molecule has 0 aliphatic carbocycles. The minimum absolute atomic E-state index is 0.0737. The first kappa shape index (κ1) is 19.9. The van der Waals surface area contributed by atoms with E-state index in [4.69, 9.17) is 4.74 Å². The second kappa shape index (κ2) is 7.78. The van der Waals surface area contributed by atoms with E-state index in [2.05, 4.69) is 17.6 Å². The van der Waals surface area contributed by atoms with Gasteiger partial charge in [-0.25, -0.2) is 9.18 Å². The minimum atomic E-state index is -1.48. The Morgan fingerprint density at radius 3 is 2.57 bits per heavy atom. The van der Waals surface area contributed by atoms with Gasteiger partial charge < -0.3 is 15.0 Å². The maximum absolute atomic E-state index is 13.4. The van der Waals surface area contributed by atoms with Crippen LogP contribution in [-0.4, -0.2) is 35.9 Å². The van der Waals surface area contributed by atoms with Crippen LogP contribution in [0, 0.1) is 5.82 Å². The summed E-state index contributed by atoms with van der Waals surface area (Å²) in [5.41, 5.74) is 0.257. The van der Waals surface area contributed by atoms with Crippen LogP contribution >= 0.6 is 0 Å². The standard InChI is InChI=1S/C22H22FN3O4/c1-2-3-10-30-17-9-4-14-12-26(19(27)18(14)11-17)13-22(20(28)24-21(29)25-22)15-5-7-16(23)8-6-15/h4-9,11H,2-3,10,12-13H2,1H3,(H2,24,25,28,29)/t22-/m0/s1. The molecule has 0 unspecified atom stereocenters. The van der Waals surface area contributed by atoms with Crippen molar-refractivity contribution in [2.24, 2.45) is 0 Å². The van der Waals surface area contributed by atoms with E-state index in [9.17, 15) is 18.8 Å². The number of nitrogens with one attached hydrogen (secondary N) is 2. The molecule has 156 valence electrons. The summed E-state index contributed by atoms with van der Waals surface area (Å²) in [4.78, 5) is 39.2. The van der Waals surface area contributed by atoms with Crippen LogP contribution in [0.25, 0.3) is 0 Å². The van der Waals surface area contributed by atoms with Crippen LogP contribution in [0.4, 0.5) is 9.18 Å². The molecule has 2 aliphatic heterocycles. The van der Waals surface area contributed by atoms with Crippen molar-refractivity contribution in [1.29, 1.82) is 0 Å². The highest BCUT2D eigenvalue weighted by Gasteiger charge is 2.50. The molecule has 8 heteroatoms. The molecule has 30 heavy (non-hydrogen) atoms. The molecule has 1 atom stereocenters. The van der Waals surface area contributed by atoms with Crippen molar-refractivity contribution >= 4 is 17.8 Å². The molecule has 1 fully saturated rings. The third-order valence-corrected chi connectivity index (χ3v) is 5.43. The average Bonchev–Trinajstić information content (AvgIpc) is 3.19. The van der Waals surface area contributed by atoms with Gasteiger partial charge in [-0.15, -0.1) is 0 Å². The molecule has 0 spiro atoms. The largest absolute Gasteiger partial charge is 0.494 e. The van der Waals surface area contributed by atoms with Gasteiger partial charge in [0.2, 0.25) is 0 Å². The van der Waals surface area contributed by atoms with Crippen LogP contribution < -0.4 is 15.4 Å². The number of imide groups is 1. The highest BCUT2D eigenvalue weighted by Crippen LogP contribution is 2.32. The van der Waals surface area contributed by atoms with E-state index in [0.717, 1.165) is 18.4 Å². The van der Waals surface area contributed by atoms with Crippen molar-refractivity contribution < 1.29 is 23.5 Å². The molecule has 4 amide bonds. The Kier molecular flexibility index (Phi) is 5.15. The number of hydrogen-bond acceptors (Lipinski definition) is 4. The molecule has 2 N–H and O–H groups in total. The number of fused-ring (bicyclic) bond motifs is 1. The van der Waals surface area contributed by atoms with Crippen LogP contribution in [0.15, 0.2) is 42.5 Å². The number of carbonyl (C=O) groups excluding carboxylic acids is 3. The van der Waals surface area contributed by atoms with Gasteiger partial charge in [0.1, 0.15) is 11.6 Å². The van der Waals surface area contributed by atoms with Crippen molar-refractivity contribution in [3.05, 3.63) is 65.0 Å². The number of carbonyl (C=O) groups is 3. The Hall–Kier alpha value is -3.42. The first-order valence-corrected chi connectivity index (χ1v) is 9.87. The predicted molar refractivity (Wildman–Crippen MR) is 106 cm³/mol. The molecule has 2 aromatic rings. The van der Waals surface area contributed by atoms with Crippen LogP contribution in [0.2, 0.25) is 0 Å². The van der Waals surface area contributed by atoms with Crippen molar-refractivity contribution in [3.63, 3.8) is 0 Å². The number of benzene rings is 2. The summed E-state index contributed by atoms with van der Waals surface area (Å²) in [7, 11) is 0. The highest BCUT2D eigenvalue weighted by molar-refractivity contribution is 6.08. The van der Waals surface area contributed by atoms with Crippen LogP contribution in [-0.2, 0) is 16.9 Å². The zero-order valence-electron chi connectivity index (χ0n) is 16.5. The van der Waals surface area contributed by atoms with Gasteiger partial charge in [0.15, 0.2) is 5.54 Å². The lowest BCUT2D eigenvalue weighted by Gasteiger charge is -2.31. The van der Waals surface area contributed by atoms with E-state index < -0.39 is 23.3 Å². The third kappa shape index (κ3) is 3.49. The third-order valence-electron chi connectivity index (χ3n) is 5.43. The predicted octanol–water partition coefficient (Wildman–Crippen LogP) is 2.70. The average molecular weight is 411 g/mol. The van der Waals surface area contributed by atoms with Gasteiger partial charge >= 0.3 is 6.03 Å². The van der Waals surface area contributed by atoms with Gasteiger partial charge in [-0.3, -0.25) is 14.9 Å². The molecule has 2 aliphatic rings. The minimum Gasteiger partial charge on any atom is -0.494 e. The Bertz CT molecular complexity index is 1010. The molecule has 1 saturated heterocycles. The highest BCUT2D eigenvalue weighted by atomic mass is 19.1. The monoisotopic (exact) mass is 411 g/mol. The van der Waals surface area contributed by atoms with E-state index in [-0.39, 0.29) is 12.5 Å². The number of urea groups is 1. The summed E-state index contributed by atoms with van der Waals surface area (Å²) in [5.74, 6) is -0.663. The summed E-state index contributed by atoms with van der Waals surface area (Å²) in [6.45, 7) is 2.88. The van der Waals surface area contributed by atoms with Gasteiger partial charge in [0, 0.05) is 12.1 Å². The molecule has 2 aromatic carbocycles. The Morgan fingerprint density at radius 2 is 1.90 bits per heavy atom. The number of nitrogens with zero attached hydrogens (tertiary/aromatic N) is 1. The fourth-order valence-corrected chi connectivity index (χ4v) is 3.81. The Balaban J connectivity index is 1.60. The smallest absolute Gasteiger partial charge is 0.322 e. The molecule has 7 nitrogen and oxygen atoms in total. The molecule has 2 heterocycles. The molecular formula is C22H22FN3O4. The van der Waals surface area contributed by atoms with E-state index in [1.54, 1.807) is 6.07 Å². The van der Waals surface area contributed by atoms with Gasteiger partial charge in [0.25, 0.3) is 11.8 Å². The second-order valence-electron chi connectivity index (χ2n) is 7.50. The maximum atomic E-state index is 13.4. The molecule has 0 radical (unpaired) electrons. The lowest BCUT2D eigenvalue weighted by Crippen LogP contribution is -2.52. The van der Waals surface area contributed by atoms with Gasteiger partial charge in [-0.2, -0.15) is 0 Å². The quantitative estimate of drug-likeness (QED) is 0.542. The Morgan fingerprint density at radius 1 is 1.13 bits per heavy atom. The normalized spacial score (nSPS) is 20.2. The van der Waals surface area contributed by atoms with E-state index >= 15 is 0 Å². The fraction of sp³-hybridized carbons (Fsp3) is 0.318. The zero-order chi connectivity index (χ0) is 21.3. The topological polar surface area (TPSA) is 87.7 Å².